The molecule has 134 valence electrons. The van der Waals surface area contributed by atoms with Crippen LogP contribution in [0.1, 0.15) is 25.3 Å². The number of halogens is 1. The maximum atomic E-state index is 13.2. The summed E-state index contributed by atoms with van der Waals surface area (Å²) < 4.78 is 13.2. The summed E-state index contributed by atoms with van der Waals surface area (Å²) in [5, 5.41) is 5.74. The van der Waals surface area contributed by atoms with Crippen LogP contribution in [0.2, 0.25) is 0 Å². The third kappa shape index (κ3) is 4.07. The predicted molar refractivity (Wildman–Crippen MR) is 95.2 cm³/mol. The van der Waals surface area contributed by atoms with Gasteiger partial charge in [0.15, 0.2) is 0 Å². The van der Waals surface area contributed by atoms with Crippen LogP contribution in [0.4, 0.5) is 10.1 Å². The maximum absolute atomic E-state index is 13.2. The van der Waals surface area contributed by atoms with Crippen molar-refractivity contribution in [2.75, 3.05) is 18.0 Å². The summed E-state index contributed by atoms with van der Waals surface area (Å²) in [6, 6.07) is 7.16. The first-order chi connectivity index (χ1) is 12.1. The summed E-state index contributed by atoms with van der Waals surface area (Å²) in [7, 11) is 0. The van der Waals surface area contributed by atoms with Crippen molar-refractivity contribution in [3.63, 3.8) is 0 Å². The molecule has 0 aromatic heterocycles. The number of rotatable bonds is 5. The lowest BCUT2D eigenvalue weighted by molar-refractivity contribution is -0.123. The van der Waals surface area contributed by atoms with E-state index in [2.05, 4.69) is 10.6 Å². The minimum absolute atomic E-state index is 0.0829. The molecule has 0 aliphatic carbocycles. The number of nitrogens with one attached hydrogen (secondary N) is 2. The van der Waals surface area contributed by atoms with E-state index in [9.17, 15) is 14.0 Å². The van der Waals surface area contributed by atoms with E-state index in [0.29, 0.717) is 13.0 Å². The van der Waals surface area contributed by atoms with E-state index in [1.807, 2.05) is 31.2 Å². The normalized spacial score (nSPS) is 23.7. The monoisotopic (exact) mass is 345 g/mol. The van der Waals surface area contributed by atoms with Crippen molar-refractivity contribution in [2.24, 2.45) is 0 Å². The molecule has 3 atom stereocenters. The second-order valence-electron chi connectivity index (χ2n) is 6.54. The van der Waals surface area contributed by atoms with Crippen molar-refractivity contribution in [3.8, 4) is 0 Å². The lowest BCUT2D eigenvalue weighted by atomic mass is 10.1. The third-order valence-electron chi connectivity index (χ3n) is 4.79. The number of amides is 2. The molecule has 2 aliphatic rings. The molecule has 1 aromatic carbocycles. The summed E-state index contributed by atoms with van der Waals surface area (Å²) in [5.41, 5.74) is 2.14. The first-order valence-corrected chi connectivity index (χ1v) is 8.84. The van der Waals surface area contributed by atoms with E-state index >= 15 is 0 Å². The van der Waals surface area contributed by atoms with Crippen LogP contribution < -0.4 is 15.5 Å². The SMILES string of the molecule is CC[C@@H](C=CC(=O)N1CCc2ccccc21)NC(=O)[C@@H]1C[C@H](F)CN1. The minimum atomic E-state index is -0.969. The van der Waals surface area contributed by atoms with Gasteiger partial charge >= 0.3 is 0 Å². The Morgan fingerprint density at radius 2 is 2.24 bits per heavy atom. The molecule has 0 spiro atoms. The maximum Gasteiger partial charge on any atom is 0.250 e. The highest BCUT2D eigenvalue weighted by Gasteiger charge is 2.30. The van der Waals surface area contributed by atoms with Crippen LogP contribution in [-0.2, 0) is 16.0 Å². The number of carbonyl (C=O) groups excluding carboxylic acids is 2. The van der Waals surface area contributed by atoms with Crippen molar-refractivity contribution in [1.29, 1.82) is 0 Å². The molecule has 0 unspecified atom stereocenters. The van der Waals surface area contributed by atoms with E-state index in [4.69, 9.17) is 0 Å². The van der Waals surface area contributed by atoms with E-state index in [-0.39, 0.29) is 30.8 Å². The minimum Gasteiger partial charge on any atom is -0.349 e. The Kier molecular flexibility index (Phi) is 5.48. The van der Waals surface area contributed by atoms with Gasteiger partial charge in [-0.25, -0.2) is 4.39 Å². The van der Waals surface area contributed by atoms with Gasteiger partial charge in [-0.3, -0.25) is 9.59 Å². The lowest BCUT2D eigenvalue weighted by Crippen LogP contribution is -2.44. The Morgan fingerprint density at radius 3 is 2.96 bits per heavy atom. The van der Waals surface area contributed by atoms with Crippen LogP contribution in [0, 0.1) is 0 Å². The first-order valence-electron chi connectivity index (χ1n) is 8.84. The molecule has 6 heteroatoms. The summed E-state index contributed by atoms with van der Waals surface area (Å²) >= 11 is 0. The number of fused-ring (bicyclic) bond motifs is 1. The lowest BCUT2D eigenvalue weighted by Gasteiger charge is -2.18. The standard InChI is InChI=1S/C19H24FN3O2/c1-2-15(22-19(25)16-11-14(20)12-21-16)7-8-18(24)23-10-9-13-5-3-4-6-17(13)23/h3-8,14-16,21H,2,9-12H2,1H3,(H,22,25)/t14-,15-,16-/m0/s1. The van der Waals surface area contributed by atoms with Gasteiger partial charge in [-0.2, -0.15) is 0 Å². The molecule has 2 N–H and O–H groups in total. The molecular weight excluding hydrogens is 321 g/mol. The van der Waals surface area contributed by atoms with Gasteiger partial charge in [-0.15, -0.1) is 0 Å². The topological polar surface area (TPSA) is 61.4 Å². The number of hydrogen-bond acceptors (Lipinski definition) is 3. The molecule has 0 bridgehead atoms. The largest absolute Gasteiger partial charge is 0.349 e. The number of nitrogens with zero attached hydrogens (tertiary/aromatic N) is 1. The number of carbonyl (C=O) groups is 2. The Hall–Kier alpha value is -2.21. The molecule has 1 saturated heterocycles. The molecule has 5 nitrogen and oxygen atoms in total. The second kappa shape index (κ2) is 7.78. The van der Waals surface area contributed by atoms with Crippen molar-refractivity contribution in [1.82, 2.24) is 10.6 Å². The van der Waals surface area contributed by atoms with Gasteiger partial charge in [0.2, 0.25) is 5.91 Å². The van der Waals surface area contributed by atoms with Crippen LogP contribution in [0.25, 0.3) is 0 Å². The average Bonchev–Trinajstić information content (AvgIpc) is 3.24. The van der Waals surface area contributed by atoms with E-state index in [1.165, 1.54) is 11.6 Å². The Balaban J connectivity index is 1.58. The smallest absolute Gasteiger partial charge is 0.250 e. The third-order valence-corrected chi connectivity index (χ3v) is 4.79. The van der Waals surface area contributed by atoms with Crippen LogP contribution >= 0.6 is 0 Å². The average molecular weight is 345 g/mol. The Bertz CT molecular complexity index is 676. The summed E-state index contributed by atoms with van der Waals surface area (Å²) in [5.74, 6) is -0.295. The summed E-state index contributed by atoms with van der Waals surface area (Å²) in [6.07, 6.45) is 4.01. The number of benzene rings is 1. The molecule has 1 aromatic rings. The number of anilines is 1. The molecule has 0 saturated carbocycles. The van der Waals surface area contributed by atoms with Gasteiger partial charge in [0.25, 0.3) is 5.91 Å². The van der Waals surface area contributed by atoms with E-state index in [0.717, 1.165) is 12.1 Å². The highest BCUT2D eigenvalue weighted by Crippen LogP contribution is 2.27. The van der Waals surface area contributed by atoms with Crippen molar-refractivity contribution >= 4 is 17.5 Å². The zero-order valence-electron chi connectivity index (χ0n) is 14.4. The zero-order valence-corrected chi connectivity index (χ0v) is 14.4. The van der Waals surface area contributed by atoms with Gasteiger partial charge in [0.05, 0.1) is 6.04 Å². The highest BCUT2D eigenvalue weighted by molar-refractivity contribution is 6.03. The summed E-state index contributed by atoms with van der Waals surface area (Å²) in [4.78, 5) is 26.4. The van der Waals surface area contributed by atoms with Crippen LogP contribution in [0.15, 0.2) is 36.4 Å². The van der Waals surface area contributed by atoms with Crippen molar-refractivity contribution in [2.45, 2.75) is 44.4 Å². The quantitative estimate of drug-likeness (QED) is 0.799. The van der Waals surface area contributed by atoms with Gasteiger partial charge in [0, 0.05) is 37.3 Å². The molecule has 2 heterocycles. The van der Waals surface area contributed by atoms with Crippen molar-refractivity contribution < 1.29 is 14.0 Å². The molecule has 1 fully saturated rings. The van der Waals surface area contributed by atoms with Crippen molar-refractivity contribution in [3.05, 3.63) is 42.0 Å². The zero-order chi connectivity index (χ0) is 17.8. The first kappa shape index (κ1) is 17.6. The Morgan fingerprint density at radius 1 is 1.44 bits per heavy atom. The van der Waals surface area contributed by atoms with E-state index in [1.54, 1.807) is 11.0 Å². The molecular formula is C19H24FN3O2. The van der Waals surface area contributed by atoms with Gasteiger partial charge < -0.3 is 15.5 Å². The molecule has 2 amide bonds. The highest BCUT2D eigenvalue weighted by atomic mass is 19.1. The van der Waals surface area contributed by atoms with Gasteiger partial charge in [-0.05, 0) is 24.5 Å². The fraction of sp³-hybridized carbons (Fsp3) is 0.474. The van der Waals surface area contributed by atoms with Crippen LogP contribution in [-0.4, -0.2) is 43.2 Å². The molecule has 3 rings (SSSR count). The van der Waals surface area contributed by atoms with Gasteiger partial charge in [0.1, 0.15) is 6.17 Å². The van der Waals surface area contributed by atoms with Crippen LogP contribution in [0.3, 0.4) is 0 Å². The summed E-state index contributed by atoms with van der Waals surface area (Å²) in [6.45, 7) is 2.83. The Labute approximate surface area is 147 Å². The van der Waals surface area contributed by atoms with Gasteiger partial charge in [-0.1, -0.05) is 31.2 Å². The fourth-order valence-corrected chi connectivity index (χ4v) is 3.32. The van der Waals surface area contributed by atoms with E-state index < -0.39 is 12.2 Å². The predicted octanol–water partition coefficient (Wildman–Crippen LogP) is 1.73. The van der Waals surface area contributed by atoms with Crippen LogP contribution in [0.5, 0.6) is 0 Å². The molecule has 0 radical (unpaired) electrons. The fourth-order valence-electron chi connectivity index (χ4n) is 3.32. The number of alkyl halides is 1. The molecule has 2 aliphatic heterocycles. The number of hydrogen-bond donors (Lipinski definition) is 2. The molecule has 25 heavy (non-hydrogen) atoms. The number of para-hydroxylation sites is 1. The second-order valence-corrected chi connectivity index (χ2v) is 6.54.